The van der Waals surface area contributed by atoms with Crippen molar-refractivity contribution >= 4 is 11.7 Å². The molecule has 1 fully saturated rings. The number of nitrogen functional groups attached to an aromatic ring is 1. The van der Waals surface area contributed by atoms with E-state index in [0.29, 0.717) is 12.1 Å². The Kier molecular flexibility index (Phi) is 3.10. The number of hydrogen-bond donors (Lipinski definition) is 3. The number of amidine groups is 1. The van der Waals surface area contributed by atoms with Gasteiger partial charge >= 0.3 is 0 Å². The minimum Gasteiger partial charge on any atom is -0.384 e. The fraction of sp³-hybridized carbons (Fsp3) is 0.333. The molecule has 17 heavy (non-hydrogen) atoms. The van der Waals surface area contributed by atoms with Crippen LogP contribution in [0.4, 0.5) is 0 Å². The minimum atomic E-state index is -0.253. The second-order valence-corrected chi connectivity index (χ2v) is 4.29. The molecular formula is C12H16N4O. The van der Waals surface area contributed by atoms with Crippen LogP contribution in [0.5, 0.6) is 0 Å². The Labute approximate surface area is 99.9 Å². The maximum atomic E-state index is 11.1. The van der Waals surface area contributed by atoms with Gasteiger partial charge in [0.05, 0.1) is 6.04 Å². The first kappa shape index (κ1) is 11.6. The Morgan fingerprint density at radius 3 is 2.41 bits per heavy atom. The van der Waals surface area contributed by atoms with E-state index in [9.17, 15) is 4.79 Å². The number of nitrogens with one attached hydrogen (secondary N) is 1. The van der Waals surface area contributed by atoms with E-state index in [1.54, 1.807) is 0 Å². The zero-order valence-corrected chi connectivity index (χ0v) is 9.52. The van der Waals surface area contributed by atoms with Gasteiger partial charge in [-0.05, 0) is 12.0 Å². The van der Waals surface area contributed by atoms with Gasteiger partial charge in [0.1, 0.15) is 5.84 Å². The van der Waals surface area contributed by atoms with Crippen molar-refractivity contribution in [1.82, 2.24) is 4.90 Å². The summed E-state index contributed by atoms with van der Waals surface area (Å²) in [6, 6.07) is 7.36. The van der Waals surface area contributed by atoms with Crippen molar-refractivity contribution in [3.8, 4) is 0 Å². The molecule has 0 aromatic heterocycles. The summed E-state index contributed by atoms with van der Waals surface area (Å²) in [6.07, 6.45) is 0.848. The van der Waals surface area contributed by atoms with E-state index in [-0.39, 0.29) is 17.8 Å². The average Bonchev–Trinajstić information content (AvgIpc) is 2.24. The molecule has 1 aliphatic rings. The largest absolute Gasteiger partial charge is 0.384 e. The van der Waals surface area contributed by atoms with Gasteiger partial charge in [0.2, 0.25) is 5.91 Å². The van der Waals surface area contributed by atoms with Crippen LogP contribution in [0.1, 0.15) is 17.5 Å². The maximum Gasteiger partial charge on any atom is 0.234 e. The predicted octanol–water partition coefficient (Wildman–Crippen LogP) is 0.0303. The predicted molar refractivity (Wildman–Crippen MR) is 65.5 cm³/mol. The molecule has 1 aromatic carbocycles. The van der Waals surface area contributed by atoms with Crippen molar-refractivity contribution in [3.05, 3.63) is 35.4 Å². The number of nitrogens with two attached hydrogens (primary N) is 2. The number of amides is 1. The fourth-order valence-corrected chi connectivity index (χ4v) is 1.98. The number of nitrogens with zero attached hydrogens (tertiary/aromatic N) is 1. The van der Waals surface area contributed by atoms with Crippen LogP contribution in [0.2, 0.25) is 0 Å². The van der Waals surface area contributed by atoms with Gasteiger partial charge in [0.25, 0.3) is 0 Å². The molecule has 0 radical (unpaired) electrons. The third kappa shape index (κ3) is 2.45. The van der Waals surface area contributed by atoms with Gasteiger partial charge in [-0.15, -0.1) is 0 Å². The van der Waals surface area contributed by atoms with Gasteiger partial charge in [-0.1, -0.05) is 24.3 Å². The highest BCUT2D eigenvalue weighted by molar-refractivity contribution is 5.94. The standard InChI is InChI=1S/C12H16N4O/c13-11(14)9-3-1-8(2-4-9)7-16-6-5-10(16)12(15)17/h1-4,10H,5-7H2,(H3,13,14)(H2,15,17). The summed E-state index contributed by atoms with van der Waals surface area (Å²) in [4.78, 5) is 13.1. The molecule has 2 rings (SSSR count). The summed E-state index contributed by atoms with van der Waals surface area (Å²) in [5.74, 6) is -0.188. The second-order valence-electron chi connectivity index (χ2n) is 4.29. The molecule has 1 aliphatic heterocycles. The van der Waals surface area contributed by atoms with Crippen LogP contribution in [0.3, 0.4) is 0 Å². The molecule has 5 N–H and O–H groups in total. The number of benzene rings is 1. The molecule has 1 heterocycles. The third-order valence-corrected chi connectivity index (χ3v) is 3.11. The quantitative estimate of drug-likeness (QED) is 0.504. The Balaban J connectivity index is 2.00. The summed E-state index contributed by atoms with van der Waals surface area (Å²) in [5.41, 5.74) is 12.5. The van der Waals surface area contributed by atoms with E-state index in [4.69, 9.17) is 16.9 Å². The van der Waals surface area contributed by atoms with Gasteiger partial charge in [0.15, 0.2) is 0 Å². The number of carbonyl (C=O) groups is 1. The average molecular weight is 232 g/mol. The Hall–Kier alpha value is -1.88. The Morgan fingerprint density at radius 1 is 1.35 bits per heavy atom. The zero-order valence-electron chi connectivity index (χ0n) is 9.52. The topological polar surface area (TPSA) is 96.2 Å². The minimum absolute atomic E-state index is 0.0653. The summed E-state index contributed by atoms with van der Waals surface area (Å²) < 4.78 is 0. The van der Waals surface area contributed by atoms with E-state index < -0.39 is 0 Å². The number of carbonyl (C=O) groups excluding carboxylic acids is 1. The first-order valence-electron chi connectivity index (χ1n) is 5.54. The van der Waals surface area contributed by atoms with E-state index in [0.717, 1.165) is 18.5 Å². The van der Waals surface area contributed by atoms with Crippen LogP contribution in [0.15, 0.2) is 24.3 Å². The van der Waals surface area contributed by atoms with Crippen molar-refractivity contribution in [2.75, 3.05) is 6.54 Å². The smallest absolute Gasteiger partial charge is 0.234 e. The van der Waals surface area contributed by atoms with E-state index in [1.165, 1.54) is 0 Å². The lowest BCUT2D eigenvalue weighted by molar-refractivity contribution is -0.127. The maximum absolute atomic E-state index is 11.1. The first-order chi connectivity index (χ1) is 8.08. The van der Waals surface area contributed by atoms with Gasteiger partial charge < -0.3 is 11.5 Å². The summed E-state index contributed by atoms with van der Waals surface area (Å²) >= 11 is 0. The SMILES string of the molecule is N=C(N)c1ccc(CN2CCC2C(N)=O)cc1. The molecule has 0 bridgehead atoms. The molecule has 90 valence electrons. The van der Waals surface area contributed by atoms with E-state index >= 15 is 0 Å². The number of hydrogen-bond acceptors (Lipinski definition) is 3. The van der Waals surface area contributed by atoms with Gasteiger partial charge in [-0.2, -0.15) is 0 Å². The molecule has 1 unspecified atom stereocenters. The monoisotopic (exact) mass is 232 g/mol. The van der Waals surface area contributed by atoms with Crippen LogP contribution in [-0.2, 0) is 11.3 Å². The van der Waals surface area contributed by atoms with Crippen LogP contribution in [-0.4, -0.2) is 29.2 Å². The van der Waals surface area contributed by atoms with E-state index in [1.807, 2.05) is 29.2 Å². The third-order valence-electron chi connectivity index (χ3n) is 3.11. The lowest BCUT2D eigenvalue weighted by atomic mass is 10.0. The highest BCUT2D eigenvalue weighted by atomic mass is 16.1. The molecule has 0 spiro atoms. The zero-order chi connectivity index (χ0) is 12.4. The molecular weight excluding hydrogens is 216 g/mol. The molecule has 5 nitrogen and oxygen atoms in total. The molecule has 0 saturated carbocycles. The van der Waals surface area contributed by atoms with Crippen LogP contribution in [0, 0.1) is 5.41 Å². The molecule has 1 saturated heterocycles. The highest BCUT2D eigenvalue weighted by Gasteiger charge is 2.32. The Morgan fingerprint density at radius 2 is 2.00 bits per heavy atom. The van der Waals surface area contributed by atoms with Crippen LogP contribution in [0.25, 0.3) is 0 Å². The molecule has 1 atom stereocenters. The van der Waals surface area contributed by atoms with Crippen molar-refractivity contribution in [2.45, 2.75) is 19.0 Å². The number of primary amides is 1. The molecule has 5 heteroatoms. The highest BCUT2D eigenvalue weighted by Crippen LogP contribution is 2.20. The summed E-state index contributed by atoms with van der Waals surface area (Å²) in [6.45, 7) is 1.62. The van der Waals surface area contributed by atoms with E-state index in [2.05, 4.69) is 0 Å². The van der Waals surface area contributed by atoms with Crippen LogP contribution >= 0.6 is 0 Å². The Bertz CT molecular complexity index is 440. The normalized spacial score (nSPS) is 19.6. The van der Waals surface area contributed by atoms with Gasteiger partial charge in [-0.25, -0.2) is 0 Å². The second kappa shape index (κ2) is 4.55. The van der Waals surface area contributed by atoms with Gasteiger partial charge in [0, 0.05) is 18.7 Å². The van der Waals surface area contributed by atoms with Crippen molar-refractivity contribution in [2.24, 2.45) is 11.5 Å². The summed E-state index contributed by atoms with van der Waals surface area (Å²) in [5, 5.41) is 7.29. The van der Waals surface area contributed by atoms with Crippen molar-refractivity contribution in [1.29, 1.82) is 5.41 Å². The van der Waals surface area contributed by atoms with Crippen LogP contribution < -0.4 is 11.5 Å². The lowest BCUT2D eigenvalue weighted by Crippen LogP contribution is -2.54. The molecule has 0 aliphatic carbocycles. The molecule has 1 amide bonds. The van der Waals surface area contributed by atoms with Crippen molar-refractivity contribution in [3.63, 3.8) is 0 Å². The summed E-state index contributed by atoms with van der Waals surface area (Å²) in [7, 11) is 0. The molecule has 1 aromatic rings. The van der Waals surface area contributed by atoms with Gasteiger partial charge in [-0.3, -0.25) is 15.1 Å². The first-order valence-corrected chi connectivity index (χ1v) is 5.54. The fourth-order valence-electron chi connectivity index (χ4n) is 1.98. The number of rotatable bonds is 4. The number of likely N-dealkylation sites (tertiary alicyclic amines) is 1. The lowest BCUT2D eigenvalue weighted by Gasteiger charge is -2.38. The van der Waals surface area contributed by atoms with Crippen molar-refractivity contribution < 1.29 is 4.79 Å².